The van der Waals surface area contributed by atoms with Crippen molar-refractivity contribution in [2.45, 2.75) is 29.8 Å². The highest BCUT2D eigenvalue weighted by molar-refractivity contribution is 9.10. The standard InChI is InChI=1S/C22H20BrClF3N5O4S2/c23-16-5-2-1-4-15(16)21(34)30-12-14-7-8-19(37-14)38(35,36)32-31-18(33)6-3-9-28-20-17(24)10-13(11-29-20)22(25,26)27/h1-2,4-5,7-8,10-11,32H,3,6,9,12H2,(H,28,29)(H,30,34)(H,31,33). The SMILES string of the molecule is O=C(CCCNc1ncc(C(F)(F)F)cc1Cl)NNS(=O)(=O)c1ccc(CNC(=O)c2ccccc2Br)s1. The molecular weight excluding hydrogens is 635 g/mol. The third kappa shape index (κ3) is 8.39. The Morgan fingerprint density at radius 1 is 1.13 bits per heavy atom. The van der Waals surface area contributed by atoms with Crippen LogP contribution in [0.25, 0.3) is 0 Å². The highest BCUT2D eigenvalue weighted by atomic mass is 79.9. The number of anilines is 1. The minimum atomic E-state index is -4.57. The van der Waals surface area contributed by atoms with Gasteiger partial charge in [0.1, 0.15) is 10.0 Å². The number of carbonyl (C=O) groups is 2. The number of hydrogen-bond donors (Lipinski definition) is 4. The molecule has 38 heavy (non-hydrogen) atoms. The molecule has 0 radical (unpaired) electrons. The fourth-order valence-electron chi connectivity index (χ4n) is 2.92. The van der Waals surface area contributed by atoms with Gasteiger partial charge in [-0.3, -0.25) is 15.0 Å². The van der Waals surface area contributed by atoms with Crippen LogP contribution in [0.15, 0.2) is 57.3 Å². The lowest BCUT2D eigenvalue weighted by atomic mass is 10.2. The lowest BCUT2D eigenvalue weighted by molar-refractivity contribution is -0.137. The summed E-state index contributed by atoms with van der Waals surface area (Å²) in [5.74, 6) is -0.923. The van der Waals surface area contributed by atoms with Crippen LogP contribution in [0.5, 0.6) is 0 Å². The second-order valence-corrected chi connectivity index (χ2v) is 12.0. The molecular formula is C22H20BrClF3N5O4S2. The van der Waals surface area contributed by atoms with Crippen LogP contribution < -0.4 is 20.9 Å². The first kappa shape index (κ1) is 29.8. The number of hydrazine groups is 1. The number of thiophene rings is 1. The molecule has 0 saturated heterocycles. The Morgan fingerprint density at radius 2 is 1.87 bits per heavy atom. The van der Waals surface area contributed by atoms with Crippen molar-refractivity contribution in [1.29, 1.82) is 0 Å². The van der Waals surface area contributed by atoms with Crippen LogP contribution in [0.1, 0.15) is 33.6 Å². The predicted octanol–water partition coefficient (Wildman–Crippen LogP) is 4.71. The number of halogens is 5. The fraction of sp³-hybridized carbons (Fsp3) is 0.227. The molecule has 0 saturated carbocycles. The lowest BCUT2D eigenvalue weighted by Gasteiger charge is -2.11. The van der Waals surface area contributed by atoms with E-state index in [9.17, 15) is 31.2 Å². The summed E-state index contributed by atoms with van der Waals surface area (Å²) < 4.78 is 63.5. The van der Waals surface area contributed by atoms with Crippen LogP contribution >= 0.6 is 38.9 Å². The van der Waals surface area contributed by atoms with Crippen molar-refractivity contribution in [2.75, 3.05) is 11.9 Å². The Morgan fingerprint density at radius 3 is 2.55 bits per heavy atom. The summed E-state index contributed by atoms with van der Waals surface area (Å²) in [6.45, 7) is 0.259. The summed E-state index contributed by atoms with van der Waals surface area (Å²) in [6, 6.07) is 10.5. The number of benzene rings is 1. The van der Waals surface area contributed by atoms with Crippen molar-refractivity contribution in [2.24, 2.45) is 0 Å². The maximum atomic E-state index is 12.7. The Kier molecular flexibility index (Phi) is 10.1. The van der Waals surface area contributed by atoms with Crippen LogP contribution in [0.4, 0.5) is 19.0 Å². The van der Waals surface area contributed by atoms with Gasteiger partial charge in [0.25, 0.3) is 15.9 Å². The van der Waals surface area contributed by atoms with E-state index in [1.807, 2.05) is 4.83 Å². The number of pyridine rings is 1. The summed E-state index contributed by atoms with van der Waals surface area (Å²) >= 11 is 10.0. The number of carbonyl (C=O) groups excluding carboxylic acids is 2. The van der Waals surface area contributed by atoms with E-state index in [0.717, 1.165) is 17.4 Å². The molecule has 0 bridgehead atoms. The van der Waals surface area contributed by atoms with Gasteiger partial charge in [0.05, 0.1) is 22.7 Å². The lowest BCUT2D eigenvalue weighted by Crippen LogP contribution is -2.41. The van der Waals surface area contributed by atoms with Crippen molar-refractivity contribution in [3.63, 3.8) is 0 Å². The maximum absolute atomic E-state index is 12.7. The van der Waals surface area contributed by atoms with Crippen molar-refractivity contribution >= 4 is 66.5 Å². The summed E-state index contributed by atoms with van der Waals surface area (Å²) in [5.41, 5.74) is 1.56. The highest BCUT2D eigenvalue weighted by Crippen LogP contribution is 2.32. The Bertz CT molecular complexity index is 1420. The van der Waals surface area contributed by atoms with E-state index in [2.05, 4.69) is 37.0 Å². The first-order chi connectivity index (χ1) is 17.9. The normalized spacial score (nSPS) is 11.7. The first-order valence-corrected chi connectivity index (χ1v) is 14.2. The Labute approximate surface area is 233 Å². The van der Waals surface area contributed by atoms with Crippen molar-refractivity contribution in [3.8, 4) is 0 Å². The van der Waals surface area contributed by atoms with Crippen molar-refractivity contribution in [3.05, 3.63) is 74.2 Å². The van der Waals surface area contributed by atoms with Crippen molar-refractivity contribution < 1.29 is 31.2 Å². The Hall–Kier alpha value is -2.72. The number of nitrogens with one attached hydrogen (secondary N) is 4. The van der Waals surface area contributed by atoms with Gasteiger partial charge < -0.3 is 10.6 Å². The monoisotopic (exact) mass is 653 g/mol. The van der Waals surface area contributed by atoms with E-state index < -0.39 is 27.7 Å². The van der Waals surface area contributed by atoms with Crippen LogP contribution in [0.3, 0.4) is 0 Å². The summed E-state index contributed by atoms with van der Waals surface area (Å²) in [5, 5.41) is 5.21. The molecule has 16 heteroatoms. The zero-order valence-electron chi connectivity index (χ0n) is 19.2. The molecule has 0 aliphatic carbocycles. The molecule has 2 heterocycles. The van der Waals surface area contributed by atoms with Gasteiger partial charge in [-0.25, -0.2) is 13.4 Å². The smallest absolute Gasteiger partial charge is 0.369 e. The molecule has 4 N–H and O–H groups in total. The number of aromatic nitrogens is 1. The number of hydrogen-bond acceptors (Lipinski definition) is 7. The molecule has 3 rings (SSSR count). The van der Waals surface area contributed by atoms with Gasteiger partial charge in [-0.1, -0.05) is 23.7 Å². The van der Waals surface area contributed by atoms with Gasteiger partial charge in [0, 0.05) is 28.5 Å². The molecule has 0 fully saturated rings. The third-order valence-corrected chi connectivity index (χ3v) is 8.61. The van der Waals surface area contributed by atoms with Gasteiger partial charge in [0.15, 0.2) is 0 Å². The van der Waals surface area contributed by atoms with Crippen LogP contribution in [0, 0.1) is 0 Å². The molecule has 0 unspecified atom stereocenters. The quantitative estimate of drug-likeness (QED) is 0.175. The average Bonchev–Trinajstić information content (AvgIpc) is 3.34. The van der Waals surface area contributed by atoms with Gasteiger partial charge >= 0.3 is 6.18 Å². The van der Waals surface area contributed by atoms with E-state index in [1.54, 1.807) is 30.3 Å². The van der Waals surface area contributed by atoms with E-state index in [4.69, 9.17) is 11.6 Å². The number of amides is 2. The number of rotatable bonds is 11. The van der Waals surface area contributed by atoms with Crippen LogP contribution in [0.2, 0.25) is 5.02 Å². The van der Waals surface area contributed by atoms with E-state index in [0.29, 0.717) is 21.1 Å². The molecule has 2 amide bonds. The molecule has 0 aliphatic heterocycles. The molecule has 1 aromatic carbocycles. The third-order valence-electron chi connectivity index (χ3n) is 4.81. The Balaban J connectivity index is 1.42. The topological polar surface area (TPSA) is 129 Å². The molecule has 3 aromatic rings. The van der Waals surface area contributed by atoms with Gasteiger partial charge in [-0.15, -0.1) is 16.2 Å². The van der Waals surface area contributed by atoms with Gasteiger partial charge in [0.2, 0.25) is 5.91 Å². The van der Waals surface area contributed by atoms with E-state index in [1.165, 1.54) is 6.07 Å². The second-order valence-electron chi connectivity index (χ2n) is 7.62. The zero-order chi connectivity index (χ0) is 27.9. The number of alkyl halides is 3. The number of sulfonamides is 1. The van der Waals surface area contributed by atoms with Crippen LogP contribution in [-0.2, 0) is 27.5 Å². The number of nitrogens with zero attached hydrogens (tertiary/aromatic N) is 1. The van der Waals surface area contributed by atoms with Gasteiger partial charge in [-0.05, 0) is 52.7 Å². The highest BCUT2D eigenvalue weighted by Gasteiger charge is 2.31. The zero-order valence-corrected chi connectivity index (χ0v) is 23.2. The largest absolute Gasteiger partial charge is 0.417 e. The van der Waals surface area contributed by atoms with Crippen LogP contribution in [-0.4, -0.2) is 31.8 Å². The molecule has 2 aromatic heterocycles. The minimum Gasteiger partial charge on any atom is -0.369 e. The summed E-state index contributed by atoms with van der Waals surface area (Å²) in [6.07, 6.45) is -3.80. The molecule has 0 aliphatic rings. The summed E-state index contributed by atoms with van der Waals surface area (Å²) in [7, 11) is -4.05. The predicted molar refractivity (Wildman–Crippen MR) is 140 cm³/mol. The average molecular weight is 655 g/mol. The molecule has 9 nitrogen and oxygen atoms in total. The minimum absolute atomic E-state index is 0.0295. The molecule has 0 spiro atoms. The summed E-state index contributed by atoms with van der Waals surface area (Å²) in [4.78, 5) is 30.5. The van der Waals surface area contributed by atoms with Gasteiger partial charge in [-0.2, -0.15) is 13.2 Å². The molecule has 0 atom stereocenters. The van der Waals surface area contributed by atoms with Crippen molar-refractivity contribution in [1.82, 2.24) is 20.6 Å². The fourth-order valence-corrected chi connectivity index (χ4v) is 5.78. The second kappa shape index (κ2) is 12.9. The van der Waals surface area contributed by atoms with E-state index >= 15 is 0 Å². The maximum Gasteiger partial charge on any atom is 0.417 e. The van der Waals surface area contributed by atoms with E-state index in [-0.39, 0.29) is 46.9 Å². The first-order valence-electron chi connectivity index (χ1n) is 10.8. The molecule has 204 valence electrons.